The fourth-order valence-electron chi connectivity index (χ4n) is 3.21. The lowest BCUT2D eigenvalue weighted by Crippen LogP contribution is -2.39. The number of amides is 2. The summed E-state index contributed by atoms with van der Waals surface area (Å²) in [5.74, 6) is -0.235. The van der Waals surface area contributed by atoms with E-state index in [4.69, 9.17) is 0 Å². The molecule has 0 saturated carbocycles. The molecule has 0 aromatic heterocycles. The van der Waals surface area contributed by atoms with Crippen LogP contribution in [0.5, 0.6) is 0 Å². The fraction of sp³-hybridized carbons (Fsp3) is 0.364. The second kappa shape index (κ2) is 9.33. The number of hydrogen-bond donors (Lipinski definition) is 2. The van der Waals surface area contributed by atoms with E-state index in [1.54, 1.807) is 11.9 Å². The first-order valence-corrected chi connectivity index (χ1v) is 9.17. The van der Waals surface area contributed by atoms with Crippen LogP contribution >= 0.6 is 0 Å². The second-order valence-electron chi connectivity index (χ2n) is 7.19. The molecule has 144 valence electrons. The zero-order valence-electron chi connectivity index (χ0n) is 16.8. The average Bonchev–Trinajstić information content (AvgIpc) is 2.58. The molecule has 0 aliphatic carbocycles. The van der Waals surface area contributed by atoms with E-state index in [9.17, 15) is 9.59 Å². The Morgan fingerprint density at radius 1 is 0.963 bits per heavy atom. The largest absolute Gasteiger partial charge is 0.348 e. The van der Waals surface area contributed by atoms with Crippen molar-refractivity contribution in [2.45, 2.75) is 33.7 Å². The molecule has 0 saturated heterocycles. The van der Waals surface area contributed by atoms with Crippen molar-refractivity contribution in [3.05, 3.63) is 64.7 Å². The van der Waals surface area contributed by atoms with E-state index in [-0.39, 0.29) is 30.9 Å². The number of nitrogens with zero attached hydrogens (tertiary/aromatic N) is 1. The second-order valence-corrected chi connectivity index (χ2v) is 7.19. The number of anilines is 1. The molecule has 0 radical (unpaired) electrons. The highest BCUT2D eigenvalue weighted by Crippen LogP contribution is 2.21. The monoisotopic (exact) mass is 367 g/mol. The summed E-state index contributed by atoms with van der Waals surface area (Å²) in [6.07, 6.45) is 0. The molecule has 0 fully saturated rings. The molecule has 1 atom stereocenters. The molecule has 5 nitrogen and oxygen atoms in total. The SMILES string of the molecule is Cc1cc(C)c(NC(=O)CN(C)CC(=O)NC(C)c2ccccc2)c(C)c1. The normalized spacial score (nSPS) is 11.9. The smallest absolute Gasteiger partial charge is 0.238 e. The van der Waals surface area contributed by atoms with Gasteiger partial charge >= 0.3 is 0 Å². The first kappa shape index (κ1) is 20.6. The highest BCUT2D eigenvalue weighted by atomic mass is 16.2. The number of nitrogens with one attached hydrogen (secondary N) is 2. The van der Waals surface area contributed by atoms with Gasteiger partial charge in [-0.1, -0.05) is 48.0 Å². The molecule has 2 aromatic carbocycles. The molecule has 2 amide bonds. The summed E-state index contributed by atoms with van der Waals surface area (Å²) in [5.41, 5.74) is 5.15. The number of carbonyl (C=O) groups is 2. The lowest BCUT2D eigenvalue weighted by atomic mass is 10.1. The van der Waals surface area contributed by atoms with Gasteiger partial charge in [0, 0.05) is 5.69 Å². The van der Waals surface area contributed by atoms with Gasteiger partial charge in [0.25, 0.3) is 0 Å². The zero-order valence-corrected chi connectivity index (χ0v) is 16.8. The van der Waals surface area contributed by atoms with Crippen LogP contribution in [-0.2, 0) is 9.59 Å². The standard InChI is InChI=1S/C22H29N3O2/c1-15-11-16(2)22(17(3)12-15)24-21(27)14-25(5)13-20(26)23-18(4)19-9-7-6-8-10-19/h6-12,18H,13-14H2,1-5H3,(H,23,26)(H,24,27). The molecule has 0 aliphatic heterocycles. The molecule has 0 spiro atoms. The summed E-state index contributed by atoms with van der Waals surface area (Å²) in [6.45, 7) is 8.27. The van der Waals surface area contributed by atoms with Crippen LogP contribution < -0.4 is 10.6 Å². The first-order valence-electron chi connectivity index (χ1n) is 9.17. The third-order valence-corrected chi connectivity index (χ3v) is 4.45. The van der Waals surface area contributed by atoms with Gasteiger partial charge in [-0.2, -0.15) is 0 Å². The van der Waals surface area contributed by atoms with Crippen molar-refractivity contribution >= 4 is 17.5 Å². The van der Waals surface area contributed by atoms with Crippen molar-refractivity contribution in [2.24, 2.45) is 0 Å². The Kier molecular flexibility index (Phi) is 7.13. The van der Waals surface area contributed by atoms with E-state index in [1.807, 2.05) is 70.2 Å². The highest BCUT2D eigenvalue weighted by molar-refractivity contribution is 5.94. The van der Waals surface area contributed by atoms with Crippen LogP contribution in [0.4, 0.5) is 5.69 Å². The van der Waals surface area contributed by atoms with Crippen LogP contribution in [0.2, 0.25) is 0 Å². The molecule has 0 aliphatic rings. The van der Waals surface area contributed by atoms with E-state index >= 15 is 0 Å². The molecule has 0 heterocycles. The molecule has 2 aromatic rings. The zero-order chi connectivity index (χ0) is 20.0. The van der Waals surface area contributed by atoms with Crippen LogP contribution in [0, 0.1) is 20.8 Å². The van der Waals surface area contributed by atoms with Gasteiger partial charge in [-0.25, -0.2) is 0 Å². The summed E-state index contributed by atoms with van der Waals surface area (Å²) in [5, 5.41) is 5.93. The molecular formula is C22H29N3O2. The Morgan fingerprint density at radius 3 is 2.11 bits per heavy atom. The van der Waals surface area contributed by atoms with Gasteiger partial charge in [0.05, 0.1) is 19.1 Å². The van der Waals surface area contributed by atoms with Gasteiger partial charge in [-0.3, -0.25) is 14.5 Å². The quantitative estimate of drug-likeness (QED) is 0.789. The maximum atomic E-state index is 12.4. The number of hydrogen-bond acceptors (Lipinski definition) is 3. The summed E-state index contributed by atoms with van der Waals surface area (Å²) < 4.78 is 0. The Morgan fingerprint density at radius 2 is 1.52 bits per heavy atom. The topological polar surface area (TPSA) is 61.4 Å². The van der Waals surface area contributed by atoms with Crippen LogP contribution in [0.15, 0.2) is 42.5 Å². The van der Waals surface area contributed by atoms with Crippen molar-refractivity contribution in [3.8, 4) is 0 Å². The van der Waals surface area contributed by atoms with Crippen molar-refractivity contribution in [1.29, 1.82) is 0 Å². The van der Waals surface area contributed by atoms with E-state index in [0.29, 0.717) is 0 Å². The van der Waals surface area contributed by atoms with Gasteiger partial charge < -0.3 is 10.6 Å². The van der Waals surface area contributed by atoms with Crippen LogP contribution in [0.1, 0.15) is 35.2 Å². The van der Waals surface area contributed by atoms with Crippen molar-refractivity contribution in [3.63, 3.8) is 0 Å². The number of aryl methyl sites for hydroxylation is 3. The third-order valence-electron chi connectivity index (χ3n) is 4.45. The lowest BCUT2D eigenvalue weighted by molar-refractivity contribution is -0.123. The highest BCUT2D eigenvalue weighted by Gasteiger charge is 2.15. The van der Waals surface area contributed by atoms with Crippen LogP contribution in [0.25, 0.3) is 0 Å². The van der Waals surface area contributed by atoms with Gasteiger partial charge in [0.2, 0.25) is 11.8 Å². The predicted molar refractivity (Wildman–Crippen MR) is 110 cm³/mol. The minimum Gasteiger partial charge on any atom is -0.348 e. The number of likely N-dealkylation sites (N-methyl/N-ethyl adjacent to an activating group) is 1. The number of benzene rings is 2. The van der Waals surface area contributed by atoms with Gasteiger partial charge in [0.15, 0.2) is 0 Å². The summed E-state index contributed by atoms with van der Waals surface area (Å²) in [7, 11) is 1.77. The summed E-state index contributed by atoms with van der Waals surface area (Å²) in [6, 6.07) is 13.8. The number of rotatable bonds is 7. The first-order chi connectivity index (χ1) is 12.8. The molecule has 1 unspecified atom stereocenters. The summed E-state index contributed by atoms with van der Waals surface area (Å²) in [4.78, 5) is 26.3. The van der Waals surface area contributed by atoms with Crippen molar-refractivity contribution < 1.29 is 9.59 Å². The maximum Gasteiger partial charge on any atom is 0.238 e. The molecule has 5 heteroatoms. The number of carbonyl (C=O) groups excluding carboxylic acids is 2. The van der Waals surface area contributed by atoms with Crippen LogP contribution in [-0.4, -0.2) is 36.9 Å². The Labute approximate surface area is 161 Å². The van der Waals surface area contributed by atoms with Gasteiger partial charge in [-0.15, -0.1) is 0 Å². The van der Waals surface area contributed by atoms with E-state index in [1.165, 1.54) is 5.56 Å². The lowest BCUT2D eigenvalue weighted by Gasteiger charge is -2.20. The van der Waals surface area contributed by atoms with E-state index < -0.39 is 0 Å². The van der Waals surface area contributed by atoms with E-state index in [2.05, 4.69) is 10.6 Å². The average molecular weight is 367 g/mol. The Bertz CT molecular complexity index is 779. The molecule has 0 bridgehead atoms. The van der Waals surface area contributed by atoms with Crippen molar-refractivity contribution in [2.75, 3.05) is 25.5 Å². The molecule has 27 heavy (non-hydrogen) atoms. The molecular weight excluding hydrogens is 338 g/mol. The van der Waals surface area contributed by atoms with E-state index in [0.717, 1.165) is 22.4 Å². The molecule has 2 N–H and O–H groups in total. The molecule has 2 rings (SSSR count). The minimum absolute atomic E-state index is 0.0706. The Balaban J connectivity index is 1.85. The van der Waals surface area contributed by atoms with Crippen LogP contribution in [0.3, 0.4) is 0 Å². The van der Waals surface area contributed by atoms with Gasteiger partial charge in [0.1, 0.15) is 0 Å². The third kappa shape index (κ3) is 6.22. The maximum absolute atomic E-state index is 12.4. The Hall–Kier alpha value is -2.66. The fourth-order valence-corrected chi connectivity index (χ4v) is 3.21. The summed E-state index contributed by atoms with van der Waals surface area (Å²) >= 11 is 0. The van der Waals surface area contributed by atoms with Crippen molar-refractivity contribution in [1.82, 2.24) is 10.2 Å². The minimum atomic E-state index is -0.128. The van der Waals surface area contributed by atoms with Gasteiger partial charge in [-0.05, 0) is 51.4 Å². The predicted octanol–water partition coefficient (Wildman–Crippen LogP) is 3.36.